The van der Waals surface area contributed by atoms with Gasteiger partial charge in [-0.25, -0.2) is 4.98 Å². The second-order valence-electron chi connectivity index (χ2n) is 2.15. The molecule has 0 saturated carbocycles. The van der Waals surface area contributed by atoms with Crippen molar-refractivity contribution in [3.63, 3.8) is 0 Å². The number of aromatic nitrogens is 1. The summed E-state index contributed by atoms with van der Waals surface area (Å²) in [6.45, 7) is 0. The minimum atomic E-state index is -0.229. The molecule has 0 radical (unpaired) electrons. The number of carbonyl (C=O) groups is 1. The molecular formula is C7H8BrN3O. The summed E-state index contributed by atoms with van der Waals surface area (Å²) in [5, 5.41) is 2.47. The average Bonchev–Trinajstić information content (AvgIpc) is 2.03. The maximum atomic E-state index is 11.1. The fraction of sp³-hybridized carbons (Fsp3) is 0.143. The minimum absolute atomic E-state index is 0.226. The SMILES string of the molecule is CNC(=O)c1ccc(Br)nc1N. The van der Waals surface area contributed by atoms with Gasteiger partial charge in [0.1, 0.15) is 10.4 Å². The quantitative estimate of drug-likeness (QED) is 0.700. The Kier molecular flexibility index (Phi) is 2.65. The Morgan fingerprint density at radius 1 is 1.67 bits per heavy atom. The summed E-state index contributed by atoms with van der Waals surface area (Å²) in [5.41, 5.74) is 5.89. The lowest BCUT2D eigenvalue weighted by atomic mass is 10.2. The third kappa shape index (κ3) is 1.73. The van der Waals surface area contributed by atoms with Crippen LogP contribution in [0.1, 0.15) is 10.4 Å². The summed E-state index contributed by atoms with van der Waals surface area (Å²) in [6.07, 6.45) is 0. The number of anilines is 1. The van der Waals surface area contributed by atoms with Crippen molar-refractivity contribution in [1.29, 1.82) is 0 Å². The molecule has 0 spiro atoms. The molecule has 5 heteroatoms. The van der Waals surface area contributed by atoms with Crippen LogP contribution in [0.25, 0.3) is 0 Å². The molecule has 1 rings (SSSR count). The van der Waals surface area contributed by atoms with E-state index in [0.29, 0.717) is 10.2 Å². The molecule has 0 fully saturated rings. The van der Waals surface area contributed by atoms with Gasteiger partial charge in [-0.2, -0.15) is 0 Å². The number of nitrogens with two attached hydrogens (primary N) is 1. The molecule has 1 heterocycles. The van der Waals surface area contributed by atoms with E-state index in [1.54, 1.807) is 19.2 Å². The molecule has 1 aromatic heterocycles. The van der Waals surface area contributed by atoms with Crippen LogP contribution in [-0.4, -0.2) is 17.9 Å². The smallest absolute Gasteiger partial charge is 0.254 e. The predicted molar refractivity (Wildman–Crippen MR) is 49.7 cm³/mol. The number of hydrogen-bond donors (Lipinski definition) is 2. The third-order valence-electron chi connectivity index (χ3n) is 1.36. The van der Waals surface area contributed by atoms with Crippen LogP contribution in [0.2, 0.25) is 0 Å². The fourth-order valence-electron chi connectivity index (χ4n) is 0.777. The van der Waals surface area contributed by atoms with E-state index in [-0.39, 0.29) is 11.7 Å². The van der Waals surface area contributed by atoms with Crippen molar-refractivity contribution in [1.82, 2.24) is 10.3 Å². The Hall–Kier alpha value is -1.10. The van der Waals surface area contributed by atoms with E-state index >= 15 is 0 Å². The van der Waals surface area contributed by atoms with E-state index < -0.39 is 0 Å². The van der Waals surface area contributed by atoms with Crippen molar-refractivity contribution >= 4 is 27.7 Å². The van der Waals surface area contributed by atoms with E-state index in [0.717, 1.165) is 0 Å². The van der Waals surface area contributed by atoms with Crippen LogP contribution in [0.4, 0.5) is 5.82 Å². The van der Waals surface area contributed by atoms with Crippen LogP contribution in [0.5, 0.6) is 0 Å². The van der Waals surface area contributed by atoms with Gasteiger partial charge in [0.2, 0.25) is 0 Å². The van der Waals surface area contributed by atoms with Gasteiger partial charge in [0.25, 0.3) is 5.91 Å². The van der Waals surface area contributed by atoms with E-state index in [9.17, 15) is 4.79 Å². The Morgan fingerprint density at radius 3 is 2.83 bits per heavy atom. The number of nitrogens with one attached hydrogen (secondary N) is 1. The molecule has 64 valence electrons. The molecule has 0 unspecified atom stereocenters. The zero-order chi connectivity index (χ0) is 9.14. The van der Waals surface area contributed by atoms with Crippen molar-refractivity contribution in [3.05, 3.63) is 22.3 Å². The first-order valence-electron chi connectivity index (χ1n) is 3.29. The molecule has 0 saturated heterocycles. The van der Waals surface area contributed by atoms with Crippen molar-refractivity contribution < 1.29 is 4.79 Å². The van der Waals surface area contributed by atoms with Gasteiger partial charge in [0.15, 0.2) is 0 Å². The molecule has 12 heavy (non-hydrogen) atoms. The van der Waals surface area contributed by atoms with Gasteiger partial charge in [-0.15, -0.1) is 0 Å². The zero-order valence-electron chi connectivity index (χ0n) is 6.47. The van der Waals surface area contributed by atoms with Gasteiger partial charge in [-0.3, -0.25) is 4.79 Å². The molecule has 0 aliphatic heterocycles. The van der Waals surface area contributed by atoms with Crippen LogP contribution in [-0.2, 0) is 0 Å². The topological polar surface area (TPSA) is 68.0 Å². The van der Waals surface area contributed by atoms with Gasteiger partial charge < -0.3 is 11.1 Å². The lowest BCUT2D eigenvalue weighted by Gasteiger charge is -2.02. The summed E-state index contributed by atoms with van der Waals surface area (Å²) in [7, 11) is 1.55. The van der Waals surface area contributed by atoms with Crippen LogP contribution in [0, 0.1) is 0 Å². The number of hydrogen-bond acceptors (Lipinski definition) is 3. The predicted octanol–water partition coefficient (Wildman–Crippen LogP) is 0.786. The maximum Gasteiger partial charge on any atom is 0.254 e. The number of amides is 1. The van der Waals surface area contributed by atoms with Crippen molar-refractivity contribution in [2.75, 3.05) is 12.8 Å². The second-order valence-corrected chi connectivity index (χ2v) is 2.96. The van der Waals surface area contributed by atoms with E-state index in [2.05, 4.69) is 26.2 Å². The monoisotopic (exact) mass is 229 g/mol. The summed E-state index contributed by atoms with van der Waals surface area (Å²) in [5.74, 6) is -0.00350. The maximum absolute atomic E-state index is 11.1. The molecule has 1 aromatic rings. The van der Waals surface area contributed by atoms with Gasteiger partial charge in [-0.1, -0.05) is 0 Å². The van der Waals surface area contributed by atoms with Gasteiger partial charge in [0, 0.05) is 7.05 Å². The molecular weight excluding hydrogens is 222 g/mol. The molecule has 0 bridgehead atoms. The lowest BCUT2D eigenvalue weighted by Crippen LogP contribution is -2.19. The number of rotatable bonds is 1. The molecule has 4 nitrogen and oxygen atoms in total. The van der Waals surface area contributed by atoms with Crippen LogP contribution in [0.15, 0.2) is 16.7 Å². The van der Waals surface area contributed by atoms with Gasteiger partial charge >= 0.3 is 0 Å². The Bertz CT molecular complexity index is 314. The molecule has 3 N–H and O–H groups in total. The van der Waals surface area contributed by atoms with E-state index in [1.807, 2.05) is 0 Å². The molecule has 0 aliphatic carbocycles. The Morgan fingerprint density at radius 2 is 2.33 bits per heavy atom. The highest BCUT2D eigenvalue weighted by molar-refractivity contribution is 9.10. The second kappa shape index (κ2) is 3.53. The number of nitrogens with zero attached hydrogens (tertiary/aromatic N) is 1. The first-order valence-corrected chi connectivity index (χ1v) is 4.08. The lowest BCUT2D eigenvalue weighted by molar-refractivity contribution is 0.0963. The average molecular weight is 230 g/mol. The van der Waals surface area contributed by atoms with E-state index in [4.69, 9.17) is 5.73 Å². The number of nitrogen functional groups attached to an aromatic ring is 1. The first-order chi connectivity index (χ1) is 5.65. The normalized spacial score (nSPS) is 9.50. The zero-order valence-corrected chi connectivity index (χ0v) is 8.05. The van der Waals surface area contributed by atoms with E-state index in [1.165, 1.54) is 0 Å². The van der Waals surface area contributed by atoms with Crippen molar-refractivity contribution in [3.8, 4) is 0 Å². The number of pyridine rings is 1. The molecule has 0 atom stereocenters. The molecule has 0 aromatic carbocycles. The highest BCUT2D eigenvalue weighted by atomic mass is 79.9. The van der Waals surface area contributed by atoms with Crippen LogP contribution >= 0.6 is 15.9 Å². The first kappa shape index (κ1) is 8.99. The number of halogens is 1. The van der Waals surface area contributed by atoms with Crippen molar-refractivity contribution in [2.24, 2.45) is 0 Å². The summed E-state index contributed by atoms with van der Waals surface area (Å²) in [6, 6.07) is 3.28. The third-order valence-corrected chi connectivity index (χ3v) is 1.80. The molecule has 1 amide bonds. The van der Waals surface area contributed by atoms with Gasteiger partial charge in [0.05, 0.1) is 5.56 Å². The standard InChI is InChI=1S/C7H8BrN3O/c1-10-7(12)4-2-3-5(8)11-6(4)9/h2-3H,1H3,(H2,9,11)(H,10,12). The highest BCUT2D eigenvalue weighted by Gasteiger charge is 2.07. The minimum Gasteiger partial charge on any atom is -0.383 e. The Balaban J connectivity index is 3.09. The van der Waals surface area contributed by atoms with Gasteiger partial charge in [-0.05, 0) is 28.1 Å². The largest absolute Gasteiger partial charge is 0.383 e. The summed E-state index contributed by atoms with van der Waals surface area (Å²) >= 11 is 3.14. The fourth-order valence-corrected chi connectivity index (χ4v) is 1.10. The Labute approximate surface area is 78.3 Å². The summed E-state index contributed by atoms with van der Waals surface area (Å²) in [4.78, 5) is 15.0. The van der Waals surface area contributed by atoms with Crippen LogP contribution in [0.3, 0.4) is 0 Å². The highest BCUT2D eigenvalue weighted by Crippen LogP contribution is 2.13. The number of carbonyl (C=O) groups excluding carboxylic acids is 1. The van der Waals surface area contributed by atoms with Crippen LogP contribution < -0.4 is 11.1 Å². The molecule has 0 aliphatic rings. The van der Waals surface area contributed by atoms with Crippen molar-refractivity contribution in [2.45, 2.75) is 0 Å². The summed E-state index contributed by atoms with van der Waals surface area (Å²) < 4.78 is 0.618.